The number of aromatic nitrogens is 3. The Morgan fingerprint density at radius 3 is 2.78 bits per heavy atom. The van der Waals surface area contributed by atoms with Gasteiger partial charge in [0.2, 0.25) is 0 Å². The fourth-order valence-electron chi connectivity index (χ4n) is 2.74. The van der Waals surface area contributed by atoms with E-state index in [9.17, 15) is 10.1 Å². The van der Waals surface area contributed by atoms with Crippen LogP contribution >= 0.6 is 11.3 Å². The number of carbonyl (C=O) groups is 1. The van der Waals surface area contributed by atoms with Crippen molar-refractivity contribution in [2.45, 2.75) is 51.5 Å². The Morgan fingerprint density at radius 2 is 2.26 bits per heavy atom. The minimum atomic E-state index is -0.509. The Morgan fingerprint density at radius 1 is 1.52 bits per heavy atom. The van der Waals surface area contributed by atoms with Crippen molar-refractivity contribution >= 4 is 17.1 Å². The van der Waals surface area contributed by atoms with Gasteiger partial charge in [-0.1, -0.05) is 26.0 Å². The molecule has 1 aliphatic rings. The number of ketones is 1. The zero-order valence-corrected chi connectivity index (χ0v) is 14.4. The van der Waals surface area contributed by atoms with Crippen molar-refractivity contribution in [2.24, 2.45) is 5.41 Å². The summed E-state index contributed by atoms with van der Waals surface area (Å²) >= 11 is 1.53. The van der Waals surface area contributed by atoms with E-state index in [1.165, 1.54) is 11.3 Å². The maximum atomic E-state index is 12.5. The average molecular weight is 328 g/mol. The van der Waals surface area contributed by atoms with E-state index in [-0.39, 0.29) is 17.1 Å². The first-order valence-corrected chi connectivity index (χ1v) is 8.69. The van der Waals surface area contributed by atoms with Gasteiger partial charge < -0.3 is 0 Å². The lowest BCUT2D eigenvalue weighted by Crippen LogP contribution is -2.22. The summed E-state index contributed by atoms with van der Waals surface area (Å²) in [6.45, 7) is 6.32. The maximum absolute atomic E-state index is 12.5. The van der Waals surface area contributed by atoms with Crippen LogP contribution in [0.2, 0.25) is 0 Å². The van der Waals surface area contributed by atoms with Crippen LogP contribution in [0.1, 0.15) is 62.0 Å². The standard InChI is InChI=1S/C17H20N4OS/c1-16(2,3)13(8-15(22)12-4-7-23-10-12)14-9-21(20-19-14)17(11-18)5-6-17/h4,7,9-10,13H,5-6,8H2,1-3H3/t13-/m1/s1. The van der Waals surface area contributed by atoms with Gasteiger partial charge in [-0.05, 0) is 29.7 Å². The van der Waals surface area contributed by atoms with Crippen molar-refractivity contribution in [3.05, 3.63) is 34.3 Å². The minimum Gasteiger partial charge on any atom is -0.294 e. The van der Waals surface area contributed by atoms with Crippen molar-refractivity contribution in [3.63, 3.8) is 0 Å². The van der Waals surface area contributed by atoms with Crippen molar-refractivity contribution in [1.82, 2.24) is 15.0 Å². The number of nitriles is 1. The van der Waals surface area contributed by atoms with Crippen LogP contribution in [0.15, 0.2) is 23.0 Å². The van der Waals surface area contributed by atoms with E-state index in [0.717, 1.165) is 24.1 Å². The molecular weight excluding hydrogens is 308 g/mol. The van der Waals surface area contributed by atoms with Crippen LogP contribution in [0.4, 0.5) is 0 Å². The second kappa shape index (κ2) is 5.57. The highest BCUT2D eigenvalue weighted by Gasteiger charge is 2.47. The molecule has 1 atom stereocenters. The number of hydrogen-bond acceptors (Lipinski definition) is 5. The van der Waals surface area contributed by atoms with Crippen molar-refractivity contribution < 1.29 is 4.79 Å². The largest absolute Gasteiger partial charge is 0.294 e. The second-order valence-corrected chi connectivity index (χ2v) is 8.07. The molecule has 0 aliphatic heterocycles. The summed E-state index contributed by atoms with van der Waals surface area (Å²) in [7, 11) is 0. The molecule has 23 heavy (non-hydrogen) atoms. The minimum absolute atomic E-state index is 0.0295. The molecule has 120 valence electrons. The van der Waals surface area contributed by atoms with Gasteiger partial charge >= 0.3 is 0 Å². The van der Waals surface area contributed by atoms with Gasteiger partial charge in [0.15, 0.2) is 11.3 Å². The zero-order chi connectivity index (χ0) is 16.7. The van der Waals surface area contributed by atoms with E-state index in [0.29, 0.717) is 6.42 Å². The molecule has 1 fully saturated rings. The highest BCUT2D eigenvalue weighted by atomic mass is 32.1. The first kappa shape index (κ1) is 15.9. The molecule has 0 saturated heterocycles. The third kappa shape index (κ3) is 3.06. The lowest BCUT2D eigenvalue weighted by molar-refractivity contribution is 0.0950. The molecule has 3 rings (SSSR count). The maximum Gasteiger partial charge on any atom is 0.164 e. The molecule has 0 radical (unpaired) electrons. The summed E-state index contributed by atoms with van der Waals surface area (Å²) in [6.07, 6.45) is 3.89. The summed E-state index contributed by atoms with van der Waals surface area (Å²) in [5, 5.41) is 21.5. The number of Topliss-reactive ketones (excluding diaryl/α,β-unsaturated/α-hetero) is 1. The average Bonchev–Trinajstić information content (AvgIpc) is 2.94. The van der Waals surface area contributed by atoms with E-state index < -0.39 is 5.54 Å². The molecule has 0 spiro atoms. The number of carbonyl (C=O) groups excluding carboxylic acids is 1. The van der Waals surface area contributed by atoms with Crippen molar-refractivity contribution in [2.75, 3.05) is 0 Å². The molecule has 0 bridgehead atoms. The van der Waals surface area contributed by atoms with Gasteiger partial charge in [0, 0.05) is 23.3 Å². The Kier molecular flexibility index (Phi) is 3.85. The van der Waals surface area contributed by atoms with Crippen LogP contribution in [0.3, 0.4) is 0 Å². The molecule has 6 heteroatoms. The predicted octanol–water partition coefficient (Wildman–Crippen LogP) is 3.75. The molecule has 1 aliphatic carbocycles. The fraction of sp³-hybridized carbons (Fsp3) is 0.529. The second-order valence-electron chi connectivity index (χ2n) is 7.29. The number of nitrogens with zero attached hydrogens (tertiary/aromatic N) is 4. The lowest BCUT2D eigenvalue weighted by atomic mass is 9.75. The molecule has 0 amide bonds. The van der Waals surface area contributed by atoms with Gasteiger partial charge in [-0.15, -0.1) is 5.10 Å². The summed E-state index contributed by atoms with van der Waals surface area (Å²) in [4.78, 5) is 12.5. The van der Waals surface area contributed by atoms with Gasteiger partial charge in [-0.3, -0.25) is 4.79 Å². The lowest BCUT2D eigenvalue weighted by Gasteiger charge is -2.28. The van der Waals surface area contributed by atoms with Crippen LogP contribution in [-0.4, -0.2) is 20.8 Å². The molecule has 1 saturated carbocycles. The highest BCUT2D eigenvalue weighted by molar-refractivity contribution is 7.08. The zero-order valence-electron chi connectivity index (χ0n) is 13.6. The highest BCUT2D eigenvalue weighted by Crippen LogP contribution is 2.43. The van der Waals surface area contributed by atoms with Gasteiger partial charge in [0.1, 0.15) is 0 Å². The molecule has 0 N–H and O–H groups in total. The Hall–Kier alpha value is -2.00. The summed E-state index contributed by atoms with van der Waals surface area (Å²) in [5.74, 6) is 0.0975. The van der Waals surface area contributed by atoms with Crippen molar-refractivity contribution in [1.29, 1.82) is 5.26 Å². The summed E-state index contributed by atoms with van der Waals surface area (Å²) in [5.41, 5.74) is 0.927. The van der Waals surface area contributed by atoms with Gasteiger partial charge in [-0.25, -0.2) is 4.68 Å². The van der Waals surface area contributed by atoms with E-state index in [4.69, 9.17) is 0 Å². The first-order chi connectivity index (χ1) is 10.9. The number of hydrogen-bond donors (Lipinski definition) is 0. The fourth-order valence-corrected chi connectivity index (χ4v) is 3.40. The smallest absolute Gasteiger partial charge is 0.164 e. The number of rotatable bonds is 5. The van der Waals surface area contributed by atoms with Crippen LogP contribution in [-0.2, 0) is 5.54 Å². The quantitative estimate of drug-likeness (QED) is 0.784. The van der Waals surface area contributed by atoms with Crippen LogP contribution in [0.5, 0.6) is 0 Å². The summed E-state index contributed by atoms with van der Waals surface area (Å²) in [6, 6.07) is 4.18. The molecular formula is C17H20N4OS. The topological polar surface area (TPSA) is 71.6 Å². The van der Waals surface area contributed by atoms with E-state index in [2.05, 4.69) is 37.2 Å². The van der Waals surface area contributed by atoms with Gasteiger partial charge in [-0.2, -0.15) is 16.6 Å². The monoisotopic (exact) mass is 328 g/mol. The molecule has 2 heterocycles. The van der Waals surface area contributed by atoms with Crippen molar-refractivity contribution in [3.8, 4) is 6.07 Å². The van der Waals surface area contributed by atoms with Gasteiger partial charge in [0.25, 0.3) is 0 Å². The van der Waals surface area contributed by atoms with Crippen LogP contribution in [0.25, 0.3) is 0 Å². The van der Waals surface area contributed by atoms with E-state index in [1.807, 2.05) is 23.0 Å². The molecule has 5 nitrogen and oxygen atoms in total. The number of thiophene rings is 1. The molecule has 2 aromatic heterocycles. The van der Waals surface area contributed by atoms with Gasteiger partial charge in [0.05, 0.1) is 18.0 Å². The molecule has 0 unspecified atom stereocenters. The SMILES string of the molecule is CC(C)(C)[C@H](CC(=O)c1ccsc1)c1cn(C2(C#N)CC2)nn1. The third-order valence-corrected chi connectivity index (χ3v) is 5.20. The van der Waals surface area contributed by atoms with Crippen LogP contribution in [0, 0.1) is 16.7 Å². The van der Waals surface area contributed by atoms with E-state index in [1.54, 1.807) is 4.68 Å². The normalized spacial score (nSPS) is 17.5. The van der Waals surface area contributed by atoms with Crippen LogP contribution < -0.4 is 0 Å². The Bertz CT molecular complexity index is 744. The molecule has 2 aromatic rings. The van der Waals surface area contributed by atoms with E-state index >= 15 is 0 Å². The Labute approximate surface area is 139 Å². The first-order valence-electron chi connectivity index (χ1n) is 7.75. The predicted molar refractivity (Wildman–Crippen MR) is 88.3 cm³/mol. The Balaban J connectivity index is 1.86. The summed E-state index contributed by atoms with van der Waals surface area (Å²) < 4.78 is 1.68. The molecule has 0 aromatic carbocycles. The third-order valence-electron chi connectivity index (χ3n) is 4.52.